The molecule has 0 saturated heterocycles. The zero-order valence-corrected chi connectivity index (χ0v) is 10.5. The summed E-state index contributed by atoms with van der Waals surface area (Å²) in [6.07, 6.45) is 1.11. The molecule has 0 aliphatic heterocycles. The van der Waals surface area contributed by atoms with E-state index in [-0.39, 0.29) is 5.41 Å². The predicted octanol–water partition coefficient (Wildman–Crippen LogP) is 3.68. The Kier molecular flexibility index (Phi) is 2.27. The highest BCUT2D eigenvalue weighted by Gasteiger charge is 2.46. The average Bonchev–Trinajstić information content (AvgIpc) is 2.35. The first-order valence-corrected chi connectivity index (χ1v) is 6.34. The number of hydrogen-bond donors (Lipinski definition) is 1. The molecule has 2 aromatic carbocycles. The maximum absolute atomic E-state index is 6.13. The van der Waals surface area contributed by atoms with Gasteiger partial charge in [0.2, 0.25) is 0 Å². The fourth-order valence-electron chi connectivity index (χ4n) is 3.04. The number of benzene rings is 2. The molecule has 0 amide bonds. The van der Waals surface area contributed by atoms with Crippen molar-refractivity contribution in [3.05, 3.63) is 48.0 Å². The largest absolute Gasteiger partial charge is 0.327 e. The third-order valence-corrected chi connectivity index (χ3v) is 4.54. The lowest BCUT2D eigenvalue weighted by Gasteiger charge is -2.51. The molecule has 17 heavy (non-hydrogen) atoms. The second-order valence-corrected chi connectivity index (χ2v) is 5.78. The van der Waals surface area contributed by atoms with Gasteiger partial charge < -0.3 is 5.73 Å². The van der Waals surface area contributed by atoms with Gasteiger partial charge >= 0.3 is 0 Å². The summed E-state index contributed by atoms with van der Waals surface area (Å²) in [6, 6.07) is 15.6. The summed E-state index contributed by atoms with van der Waals surface area (Å²) in [5.41, 5.74) is 7.82. The van der Waals surface area contributed by atoms with Crippen LogP contribution in [0.2, 0.25) is 0 Å². The van der Waals surface area contributed by atoms with Gasteiger partial charge in [0.05, 0.1) is 0 Å². The first-order valence-electron chi connectivity index (χ1n) is 6.34. The highest BCUT2D eigenvalue weighted by atomic mass is 14.8. The third-order valence-electron chi connectivity index (χ3n) is 4.54. The van der Waals surface area contributed by atoms with E-state index in [1.165, 1.54) is 16.3 Å². The van der Waals surface area contributed by atoms with Crippen LogP contribution in [-0.2, 0) is 0 Å². The van der Waals surface area contributed by atoms with Crippen LogP contribution in [0.1, 0.15) is 31.7 Å². The summed E-state index contributed by atoms with van der Waals surface area (Å²) in [4.78, 5) is 0. The summed E-state index contributed by atoms with van der Waals surface area (Å²) < 4.78 is 0. The molecule has 2 aromatic rings. The Hall–Kier alpha value is -1.34. The molecule has 2 atom stereocenters. The van der Waals surface area contributed by atoms with Crippen LogP contribution in [0.5, 0.6) is 0 Å². The Balaban J connectivity index is 2.13. The van der Waals surface area contributed by atoms with Crippen molar-refractivity contribution in [2.24, 2.45) is 11.1 Å². The lowest BCUT2D eigenvalue weighted by Crippen LogP contribution is -2.52. The molecule has 0 heterocycles. The van der Waals surface area contributed by atoms with Gasteiger partial charge in [0.25, 0.3) is 0 Å². The van der Waals surface area contributed by atoms with E-state index < -0.39 is 0 Å². The maximum atomic E-state index is 6.13. The van der Waals surface area contributed by atoms with Crippen molar-refractivity contribution >= 4 is 10.8 Å². The third kappa shape index (κ3) is 1.49. The normalized spacial score (nSPS) is 26.8. The van der Waals surface area contributed by atoms with Gasteiger partial charge in [0, 0.05) is 6.04 Å². The Morgan fingerprint density at radius 1 is 1.06 bits per heavy atom. The van der Waals surface area contributed by atoms with Crippen molar-refractivity contribution in [3.63, 3.8) is 0 Å². The van der Waals surface area contributed by atoms with Crippen LogP contribution in [0.4, 0.5) is 0 Å². The number of nitrogens with two attached hydrogens (primary N) is 1. The van der Waals surface area contributed by atoms with Crippen LogP contribution >= 0.6 is 0 Å². The van der Waals surface area contributed by atoms with Gasteiger partial charge in [-0.1, -0.05) is 56.3 Å². The highest BCUT2D eigenvalue weighted by molar-refractivity contribution is 5.86. The molecule has 88 valence electrons. The van der Waals surface area contributed by atoms with Gasteiger partial charge in [0.15, 0.2) is 0 Å². The molecule has 2 N–H and O–H groups in total. The van der Waals surface area contributed by atoms with Gasteiger partial charge in [-0.25, -0.2) is 0 Å². The summed E-state index contributed by atoms with van der Waals surface area (Å²) in [7, 11) is 0. The second kappa shape index (κ2) is 3.58. The zero-order valence-electron chi connectivity index (χ0n) is 10.5. The van der Waals surface area contributed by atoms with Crippen LogP contribution in [0, 0.1) is 5.41 Å². The number of rotatable bonds is 1. The van der Waals surface area contributed by atoms with E-state index in [2.05, 4.69) is 56.3 Å². The molecule has 0 radical (unpaired) electrons. The van der Waals surface area contributed by atoms with Crippen LogP contribution in [0.15, 0.2) is 42.5 Å². The minimum Gasteiger partial charge on any atom is -0.327 e. The quantitative estimate of drug-likeness (QED) is 0.787. The van der Waals surface area contributed by atoms with E-state index in [9.17, 15) is 0 Å². The number of hydrogen-bond acceptors (Lipinski definition) is 1. The molecule has 0 bridgehead atoms. The molecule has 1 fully saturated rings. The Bertz CT molecular complexity index is 551. The SMILES string of the molecule is CC1(C)C(N)CC1c1cccc2ccccc12. The van der Waals surface area contributed by atoms with Crippen LogP contribution in [-0.4, -0.2) is 6.04 Å². The maximum Gasteiger partial charge on any atom is 0.0102 e. The minimum absolute atomic E-state index is 0.226. The lowest BCUT2D eigenvalue weighted by atomic mass is 9.56. The van der Waals surface area contributed by atoms with Crippen molar-refractivity contribution in [2.75, 3.05) is 0 Å². The Morgan fingerprint density at radius 2 is 1.76 bits per heavy atom. The Labute approximate surface area is 103 Å². The Morgan fingerprint density at radius 3 is 2.47 bits per heavy atom. The summed E-state index contributed by atoms with van der Waals surface area (Å²) in [5.74, 6) is 0.601. The van der Waals surface area contributed by atoms with E-state index in [0.717, 1.165) is 6.42 Å². The van der Waals surface area contributed by atoms with E-state index in [1.807, 2.05) is 0 Å². The molecule has 1 heteroatoms. The fraction of sp³-hybridized carbons (Fsp3) is 0.375. The van der Waals surface area contributed by atoms with Gasteiger partial charge in [0.1, 0.15) is 0 Å². The van der Waals surface area contributed by atoms with Gasteiger partial charge in [-0.05, 0) is 34.1 Å². The molecule has 2 unspecified atom stereocenters. The van der Waals surface area contributed by atoms with Crippen molar-refractivity contribution in [3.8, 4) is 0 Å². The van der Waals surface area contributed by atoms with Gasteiger partial charge in [-0.3, -0.25) is 0 Å². The van der Waals surface area contributed by atoms with Crippen LogP contribution in [0.25, 0.3) is 10.8 Å². The van der Waals surface area contributed by atoms with E-state index in [4.69, 9.17) is 5.73 Å². The zero-order chi connectivity index (χ0) is 12.0. The topological polar surface area (TPSA) is 26.0 Å². The number of fused-ring (bicyclic) bond motifs is 1. The summed E-state index contributed by atoms with van der Waals surface area (Å²) in [6.45, 7) is 4.57. The second-order valence-electron chi connectivity index (χ2n) is 5.78. The van der Waals surface area contributed by atoms with E-state index in [0.29, 0.717) is 12.0 Å². The molecular weight excluding hydrogens is 206 g/mol. The smallest absolute Gasteiger partial charge is 0.0102 e. The van der Waals surface area contributed by atoms with Crippen molar-refractivity contribution in [1.82, 2.24) is 0 Å². The standard InChI is InChI=1S/C16H19N/c1-16(2)14(10-15(16)17)13-9-5-7-11-6-3-4-8-12(11)13/h3-9,14-15H,10,17H2,1-2H3. The molecule has 1 aliphatic rings. The van der Waals surface area contributed by atoms with Crippen molar-refractivity contribution < 1.29 is 0 Å². The van der Waals surface area contributed by atoms with Crippen LogP contribution in [0.3, 0.4) is 0 Å². The molecule has 0 spiro atoms. The summed E-state index contributed by atoms with van der Waals surface area (Å²) in [5, 5.41) is 2.72. The van der Waals surface area contributed by atoms with Gasteiger partial charge in [-0.15, -0.1) is 0 Å². The minimum atomic E-state index is 0.226. The van der Waals surface area contributed by atoms with Gasteiger partial charge in [-0.2, -0.15) is 0 Å². The molecule has 3 rings (SSSR count). The molecule has 1 saturated carbocycles. The predicted molar refractivity (Wildman–Crippen MR) is 73.1 cm³/mol. The fourth-order valence-corrected chi connectivity index (χ4v) is 3.04. The van der Waals surface area contributed by atoms with Crippen LogP contribution < -0.4 is 5.73 Å². The summed E-state index contributed by atoms with van der Waals surface area (Å²) >= 11 is 0. The average molecular weight is 225 g/mol. The van der Waals surface area contributed by atoms with E-state index >= 15 is 0 Å². The highest BCUT2D eigenvalue weighted by Crippen LogP contribution is 2.52. The van der Waals surface area contributed by atoms with E-state index in [1.54, 1.807) is 0 Å². The molecule has 1 nitrogen and oxygen atoms in total. The molecular formula is C16H19N. The molecule has 1 aliphatic carbocycles. The monoisotopic (exact) mass is 225 g/mol. The first-order chi connectivity index (χ1) is 8.10. The first kappa shape index (κ1) is 10.8. The lowest BCUT2D eigenvalue weighted by molar-refractivity contribution is 0.0994. The van der Waals surface area contributed by atoms with Crippen molar-refractivity contribution in [1.29, 1.82) is 0 Å². The van der Waals surface area contributed by atoms with Crippen molar-refractivity contribution in [2.45, 2.75) is 32.2 Å². The molecule has 0 aromatic heterocycles.